The van der Waals surface area contributed by atoms with E-state index in [-0.39, 0.29) is 30.6 Å². The number of nitrogens with one attached hydrogen (secondary N) is 1. The van der Waals surface area contributed by atoms with Crippen LogP contribution in [0.2, 0.25) is 0 Å². The molecule has 1 N–H and O–H groups in total. The molecular formula is C23H32N4O3. The predicted molar refractivity (Wildman–Crippen MR) is 117 cm³/mol. The lowest BCUT2D eigenvalue weighted by atomic mass is 10.2. The second-order valence-electron chi connectivity index (χ2n) is 7.91. The van der Waals surface area contributed by atoms with Gasteiger partial charge in [0.15, 0.2) is 0 Å². The summed E-state index contributed by atoms with van der Waals surface area (Å²) in [6, 6.07) is 11.2. The van der Waals surface area contributed by atoms with Gasteiger partial charge in [-0.15, -0.1) is 0 Å². The molecule has 1 fully saturated rings. The summed E-state index contributed by atoms with van der Waals surface area (Å²) in [4.78, 5) is 29.8. The fourth-order valence-electron chi connectivity index (χ4n) is 3.42. The maximum Gasteiger partial charge on any atom is 0.322 e. The maximum atomic E-state index is 13.2. The molecule has 7 heteroatoms. The number of anilines is 1. The normalized spacial score (nSPS) is 14.1. The number of benzene rings is 1. The Hall–Kier alpha value is -2.96. The van der Waals surface area contributed by atoms with E-state index < -0.39 is 0 Å². The molecule has 0 radical (unpaired) electrons. The molecule has 0 saturated heterocycles. The number of urea groups is 1. The molecule has 1 saturated carbocycles. The van der Waals surface area contributed by atoms with Gasteiger partial charge in [0.1, 0.15) is 12.3 Å². The quantitative estimate of drug-likeness (QED) is 0.680. The maximum absolute atomic E-state index is 13.2. The number of aryl methyl sites for hydroxylation is 1. The molecule has 162 valence electrons. The Bertz CT molecular complexity index is 875. The van der Waals surface area contributed by atoms with Gasteiger partial charge in [-0.1, -0.05) is 13.0 Å². The summed E-state index contributed by atoms with van der Waals surface area (Å²) in [5, 5.41) is 2.91. The van der Waals surface area contributed by atoms with Crippen molar-refractivity contribution >= 4 is 17.6 Å². The van der Waals surface area contributed by atoms with Gasteiger partial charge in [-0.2, -0.15) is 0 Å². The minimum absolute atomic E-state index is 0.0141. The highest BCUT2D eigenvalue weighted by atomic mass is 16.5. The smallest absolute Gasteiger partial charge is 0.322 e. The van der Waals surface area contributed by atoms with E-state index in [1.807, 2.05) is 66.9 Å². The molecule has 1 aliphatic rings. The number of carbonyl (C=O) groups is 2. The molecule has 1 aromatic heterocycles. The number of nitrogens with zero attached hydrogens (tertiary/aromatic N) is 3. The van der Waals surface area contributed by atoms with Crippen molar-refractivity contribution in [2.75, 3.05) is 19.0 Å². The molecule has 2 aromatic rings. The largest absolute Gasteiger partial charge is 0.497 e. The first-order chi connectivity index (χ1) is 14.4. The number of methoxy groups -OCH3 is 1. The van der Waals surface area contributed by atoms with E-state index in [1.54, 1.807) is 18.1 Å². The summed E-state index contributed by atoms with van der Waals surface area (Å²) in [5.41, 5.74) is 1.73. The topological polar surface area (TPSA) is 66.8 Å². The number of amides is 3. The van der Waals surface area contributed by atoms with Gasteiger partial charge in [0.2, 0.25) is 5.91 Å². The highest BCUT2D eigenvalue weighted by Crippen LogP contribution is 2.29. The zero-order chi connectivity index (χ0) is 21.7. The van der Waals surface area contributed by atoms with E-state index in [2.05, 4.69) is 5.32 Å². The third-order valence-corrected chi connectivity index (χ3v) is 5.70. The van der Waals surface area contributed by atoms with E-state index in [9.17, 15) is 9.59 Å². The molecule has 1 atom stereocenters. The molecule has 1 aromatic carbocycles. The highest BCUT2D eigenvalue weighted by molar-refractivity contribution is 5.92. The molecule has 0 aliphatic heterocycles. The predicted octanol–water partition coefficient (Wildman–Crippen LogP) is 3.86. The van der Waals surface area contributed by atoms with E-state index in [0.29, 0.717) is 18.0 Å². The zero-order valence-electron chi connectivity index (χ0n) is 18.3. The van der Waals surface area contributed by atoms with E-state index in [4.69, 9.17) is 4.74 Å². The lowest BCUT2D eigenvalue weighted by molar-refractivity contribution is -0.133. The van der Waals surface area contributed by atoms with Gasteiger partial charge in [-0.05, 0) is 50.5 Å². The summed E-state index contributed by atoms with van der Waals surface area (Å²) in [7, 11) is 3.57. The van der Waals surface area contributed by atoms with Gasteiger partial charge in [0, 0.05) is 42.8 Å². The standard InChI is InChI=1S/C23H32N4O3/c1-5-17(2)26(23(29)24-18-8-6-10-21(14-18)30-4)16-22(28)27(19-11-12-19)15-20-9-7-13-25(20)3/h6-10,13-14,17,19H,5,11-12,15-16H2,1-4H3,(H,24,29)/t17-/m0/s1. The lowest BCUT2D eigenvalue weighted by Crippen LogP contribution is -2.48. The Kier molecular flexibility index (Phi) is 7.03. The zero-order valence-corrected chi connectivity index (χ0v) is 18.3. The van der Waals surface area contributed by atoms with Crippen LogP contribution in [-0.2, 0) is 18.4 Å². The van der Waals surface area contributed by atoms with Crippen LogP contribution in [0.3, 0.4) is 0 Å². The van der Waals surface area contributed by atoms with Crippen molar-refractivity contribution in [3.63, 3.8) is 0 Å². The summed E-state index contributed by atoms with van der Waals surface area (Å²) >= 11 is 0. The minimum Gasteiger partial charge on any atom is -0.497 e. The molecule has 7 nitrogen and oxygen atoms in total. The van der Waals surface area contributed by atoms with Crippen LogP contribution >= 0.6 is 0 Å². The fraction of sp³-hybridized carbons (Fsp3) is 0.478. The molecule has 1 aliphatic carbocycles. The third kappa shape index (κ3) is 5.34. The second kappa shape index (κ2) is 9.69. The Labute approximate surface area is 178 Å². The molecule has 0 bridgehead atoms. The summed E-state index contributed by atoms with van der Waals surface area (Å²) in [5.74, 6) is 0.654. The van der Waals surface area contributed by atoms with Crippen LogP contribution in [0.5, 0.6) is 5.75 Å². The van der Waals surface area contributed by atoms with Gasteiger partial charge in [-0.25, -0.2) is 4.79 Å². The van der Waals surface area contributed by atoms with Crippen LogP contribution in [0.4, 0.5) is 10.5 Å². The fourth-order valence-corrected chi connectivity index (χ4v) is 3.42. The minimum atomic E-state index is -0.277. The van der Waals surface area contributed by atoms with Crippen molar-refractivity contribution in [3.8, 4) is 5.75 Å². The van der Waals surface area contributed by atoms with Crippen LogP contribution in [0, 0.1) is 0 Å². The van der Waals surface area contributed by atoms with Crippen molar-refractivity contribution < 1.29 is 14.3 Å². The average Bonchev–Trinajstić information content (AvgIpc) is 3.51. The molecule has 3 amide bonds. The van der Waals surface area contributed by atoms with Crippen molar-refractivity contribution in [3.05, 3.63) is 48.3 Å². The lowest BCUT2D eigenvalue weighted by Gasteiger charge is -2.31. The summed E-state index contributed by atoms with van der Waals surface area (Å²) in [6.07, 6.45) is 4.79. The molecule has 0 unspecified atom stereocenters. The van der Waals surface area contributed by atoms with Crippen LogP contribution in [-0.4, -0.2) is 52.0 Å². The summed E-state index contributed by atoms with van der Waals surface area (Å²) < 4.78 is 7.26. The number of hydrogen-bond donors (Lipinski definition) is 1. The second-order valence-corrected chi connectivity index (χ2v) is 7.91. The van der Waals surface area contributed by atoms with Crippen molar-refractivity contribution in [2.24, 2.45) is 7.05 Å². The van der Waals surface area contributed by atoms with E-state index in [1.165, 1.54) is 0 Å². The van der Waals surface area contributed by atoms with Crippen molar-refractivity contribution in [1.29, 1.82) is 0 Å². The number of aromatic nitrogens is 1. The van der Waals surface area contributed by atoms with Gasteiger partial charge in [-0.3, -0.25) is 4.79 Å². The number of hydrogen-bond acceptors (Lipinski definition) is 3. The Morgan fingerprint density at radius 3 is 2.63 bits per heavy atom. The molecular weight excluding hydrogens is 380 g/mol. The monoisotopic (exact) mass is 412 g/mol. The Morgan fingerprint density at radius 2 is 2.03 bits per heavy atom. The van der Waals surface area contributed by atoms with Crippen LogP contribution in [0.15, 0.2) is 42.6 Å². The van der Waals surface area contributed by atoms with Gasteiger partial charge < -0.3 is 24.4 Å². The molecule has 3 rings (SSSR count). The van der Waals surface area contributed by atoms with Crippen LogP contribution in [0.1, 0.15) is 38.8 Å². The van der Waals surface area contributed by atoms with E-state index in [0.717, 1.165) is 25.0 Å². The average molecular weight is 413 g/mol. The van der Waals surface area contributed by atoms with Crippen LogP contribution in [0.25, 0.3) is 0 Å². The highest BCUT2D eigenvalue weighted by Gasteiger charge is 2.34. The first-order valence-corrected chi connectivity index (χ1v) is 10.5. The molecule has 1 heterocycles. The number of carbonyl (C=O) groups excluding carboxylic acids is 2. The first kappa shape index (κ1) is 21.7. The Balaban J connectivity index is 1.71. The van der Waals surface area contributed by atoms with Gasteiger partial charge in [0.25, 0.3) is 0 Å². The molecule has 0 spiro atoms. The van der Waals surface area contributed by atoms with E-state index >= 15 is 0 Å². The molecule has 30 heavy (non-hydrogen) atoms. The first-order valence-electron chi connectivity index (χ1n) is 10.5. The number of ether oxygens (including phenoxy) is 1. The van der Waals surface area contributed by atoms with Crippen molar-refractivity contribution in [2.45, 2.75) is 51.7 Å². The third-order valence-electron chi connectivity index (χ3n) is 5.70. The SMILES string of the molecule is CC[C@H](C)N(CC(=O)N(Cc1cccn1C)C1CC1)C(=O)Nc1cccc(OC)c1. The summed E-state index contributed by atoms with van der Waals surface area (Å²) in [6.45, 7) is 4.62. The van der Waals surface area contributed by atoms with Gasteiger partial charge in [0.05, 0.1) is 13.7 Å². The van der Waals surface area contributed by atoms with Crippen LogP contribution < -0.4 is 10.1 Å². The van der Waals surface area contributed by atoms with Crippen molar-refractivity contribution in [1.82, 2.24) is 14.4 Å². The number of rotatable bonds is 9. The van der Waals surface area contributed by atoms with Gasteiger partial charge >= 0.3 is 6.03 Å². The Morgan fingerprint density at radius 1 is 1.27 bits per heavy atom.